The molecule has 1 spiro atoms. The van der Waals surface area contributed by atoms with Crippen molar-refractivity contribution in [2.24, 2.45) is 4.99 Å². The zero-order chi connectivity index (χ0) is 20.2. The summed E-state index contributed by atoms with van der Waals surface area (Å²) >= 11 is 6.05. The van der Waals surface area contributed by atoms with Gasteiger partial charge in [0, 0.05) is 35.6 Å². The van der Waals surface area contributed by atoms with E-state index < -0.39 is 0 Å². The molecular weight excluding hydrogens is 386 g/mol. The van der Waals surface area contributed by atoms with Gasteiger partial charge in [-0.2, -0.15) is 0 Å². The zero-order valence-corrected chi connectivity index (χ0v) is 17.6. The van der Waals surface area contributed by atoms with Crippen LogP contribution in [0.3, 0.4) is 0 Å². The van der Waals surface area contributed by atoms with Crippen molar-refractivity contribution in [3.8, 4) is 0 Å². The lowest BCUT2D eigenvalue weighted by atomic mass is 9.95. The third-order valence-electron chi connectivity index (χ3n) is 5.80. The number of halogens is 1. The van der Waals surface area contributed by atoms with Gasteiger partial charge >= 0.3 is 0 Å². The second-order valence-electron chi connectivity index (χ2n) is 9.11. The van der Waals surface area contributed by atoms with Crippen LogP contribution in [0.25, 0.3) is 11.2 Å². The Morgan fingerprint density at radius 2 is 1.93 bits per heavy atom. The van der Waals surface area contributed by atoms with Crippen molar-refractivity contribution in [2.75, 3.05) is 0 Å². The molecule has 29 heavy (non-hydrogen) atoms. The first kappa shape index (κ1) is 18.6. The standard InChI is InChI=1S/C22H24ClN5O/c1-21(2,3)20-25-16(10-13-4-6-15(23)7-5-13)17-19(28-20)27-18(26-17)14-8-9-22(11-14)24-12-29-22/h4-7,12,14H,8-11H2,1-3H3,(H,25,26,27,28). The van der Waals surface area contributed by atoms with Gasteiger partial charge in [0.25, 0.3) is 0 Å². The molecule has 1 aliphatic carbocycles. The van der Waals surface area contributed by atoms with Crippen LogP contribution in [0.4, 0.5) is 0 Å². The maximum absolute atomic E-state index is 6.05. The highest BCUT2D eigenvalue weighted by molar-refractivity contribution is 6.30. The second kappa shape index (κ2) is 6.52. The van der Waals surface area contributed by atoms with Crippen LogP contribution in [0.15, 0.2) is 29.3 Å². The highest BCUT2D eigenvalue weighted by Crippen LogP contribution is 2.45. The average Bonchev–Trinajstić information content (AvgIpc) is 3.27. The number of nitrogens with one attached hydrogen (secondary N) is 1. The molecule has 6 nitrogen and oxygen atoms in total. The van der Waals surface area contributed by atoms with Gasteiger partial charge in [0.2, 0.25) is 5.72 Å². The van der Waals surface area contributed by atoms with Gasteiger partial charge in [-0.15, -0.1) is 0 Å². The van der Waals surface area contributed by atoms with Gasteiger partial charge in [-0.05, 0) is 24.1 Å². The number of aromatic nitrogens is 4. The lowest BCUT2D eigenvalue weighted by Crippen LogP contribution is -2.34. The summed E-state index contributed by atoms with van der Waals surface area (Å²) in [5.74, 6) is 2.06. The second-order valence-corrected chi connectivity index (χ2v) is 9.54. The number of imidazole rings is 1. The van der Waals surface area contributed by atoms with Crippen LogP contribution >= 0.6 is 11.6 Å². The van der Waals surface area contributed by atoms with Crippen molar-refractivity contribution in [2.45, 2.75) is 63.5 Å². The Balaban J connectivity index is 1.55. The summed E-state index contributed by atoms with van der Waals surface area (Å²) in [7, 11) is 0. The summed E-state index contributed by atoms with van der Waals surface area (Å²) in [6, 6.07) is 7.90. The smallest absolute Gasteiger partial charge is 0.205 e. The molecule has 1 aromatic carbocycles. The molecule has 0 amide bonds. The van der Waals surface area contributed by atoms with Gasteiger partial charge in [-0.25, -0.2) is 19.9 Å². The molecule has 7 heteroatoms. The van der Waals surface area contributed by atoms with Crippen LogP contribution in [-0.2, 0) is 16.6 Å². The fourth-order valence-electron chi connectivity index (χ4n) is 4.07. The monoisotopic (exact) mass is 409 g/mol. The molecule has 2 aliphatic rings. The Hall–Kier alpha value is -2.47. The fourth-order valence-corrected chi connectivity index (χ4v) is 4.20. The number of nitrogens with zero attached hydrogens (tertiary/aromatic N) is 4. The summed E-state index contributed by atoms with van der Waals surface area (Å²) in [4.78, 5) is 22.5. The summed E-state index contributed by atoms with van der Waals surface area (Å²) < 4.78 is 5.61. The van der Waals surface area contributed by atoms with Gasteiger partial charge in [-0.1, -0.05) is 44.5 Å². The van der Waals surface area contributed by atoms with Gasteiger partial charge in [0.1, 0.15) is 17.2 Å². The number of aromatic amines is 1. The highest BCUT2D eigenvalue weighted by atomic mass is 35.5. The molecule has 2 atom stereocenters. The van der Waals surface area contributed by atoms with E-state index in [-0.39, 0.29) is 11.1 Å². The molecule has 0 saturated heterocycles. The van der Waals surface area contributed by atoms with Crippen LogP contribution in [0.1, 0.15) is 68.9 Å². The first-order valence-corrected chi connectivity index (χ1v) is 10.4. The predicted octanol–water partition coefficient (Wildman–Crippen LogP) is 4.92. The Bertz CT molecular complexity index is 1100. The summed E-state index contributed by atoms with van der Waals surface area (Å²) in [6.45, 7) is 6.38. The molecule has 3 heterocycles. The van der Waals surface area contributed by atoms with Crippen LogP contribution in [0.2, 0.25) is 5.02 Å². The summed E-state index contributed by atoms with van der Waals surface area (Å²) in [6.07, 6.45) is 5.04. The molecule has 3 aromatic rings. The molecule has 0 bridgehead atoms. The number of ether oxygens (including phenoxy) is 1. The van der Waals surface area contributed by atoms with Crippen molar-refractivity contribution in [1.82, 2.24) is 19.9 Å². The Labute approximate surface area is 174 Å². The van der Waals surface area contributed by atoms with E-state index >= 15 is 0 Å². The molecule has 1 fully saturated rings. The topological polar surface area (TPSA) is 76.0 Å². The normalized spacial score (nSPS) is 23.5. The third-order valence-corrected chi connectivity index (χ3v) is 6.05. The van der Waals surface area contributed by atoms with E-state index in [1.165, 1.54) is 0 Å². The van der Waals surface area contributed by atoms with Crippen molar-refractivity contribution in [3.05, 3.63) is 52.2 Å². The van der Waals surface area contributed by atoms with E-state index in [0.717, 1.165) is 58.4 Å². The number of hydrogen-bond acceptors (Lipinski definition) is 5. The van der Waals surface area contributed by atoms with Crippen LogP contribution < -0.4 is 0 Å². The van der Waals surface area contributed by atoms with Gasteiger partial charge in [0.05, 0.1) is 5.69 Å². The largest absolute Gasteiger partial charge is 0.456 e. The van der Waals surface area contributed by atoms with E-state index in [1.807, 2.05) is 24.3 Å². The molecule has 2 aromatic heterocycles. The number of benzene rings is 1. The summed E-state index contributed by atoms with van der Waals surface area (Å²) in [5, 5.41) is 0.733. The van der Waals surface area contributed by atoms with E-state index in [0.29, 0.717) is 12.3 Å². The average molecular weight is 410 g/mol. The number of fused-ring (bicyclic) bond motifs is 1. The lowest BCUT2D eigenvalue weighted by Gasteiger charge is -2.30. The molecule has 1 saturated carbocycles. The van der Waals surface area contributed by atoms with Crippen LogP contribution in [0.5, 0.6) is 0 Å². The first-order valence-electron chi connectivity index (χ1n) is 10.0. The van der Waals surface area contributed by atoms with Gasteiger partial charge < -0.3 is 9.72 Å². The number of hydrogen-bond donors (Lipinski definition) is 1. The van der Waals surface area contributed by atoms with E-state index in [1.54, 1.807) is 6.40 Å². The van der Waals surface area contributed by atoms with Crippen LogP contribution in [-0.4, -0.2) is 32.1 Å². The van der Waals surface area contributed by atoms with Gasteiger partial charge in [0.15, 0.2) is 12.0 Å². The molecule has 2 unspecified atom stereocenters. The van der Waals surface area contributed by atoms with E-state index in [9.17, 15) is 0 Å². The number of rotatable bonds is 3. The Morgan fingerprint density at radius 3 is 2.55 bits per heavy atom. The minimum absolute atomic E-state index is 0.159. The summed E-state index contributed by atoms with van der Waals surface area (Å²) in [5.41, 5.74) is 3.30. The van der Waals surface area contributed by atoms with E-state index in [4.69, 9.17) is 31.3 Å². The van der Waals surface area contributed by atoms with Crippen LogP contribution in [0, 0.1) is 0 Å². The maximum Gasteiger partial charge on any atom is 0.205 e. The highest BCUT2D eigenvalue weighted by Gasteiger charge is 2.45. The van der Waals surface area contributed by atoms with E-state index in [2.05, 4.69) is 30.7 Å². The lowest BCUT2D eigenvalue weighted by molar-refractivity contribution is 0.0345. The van der Waals surface area contributed by atoms with Crippen molar-refractivity contribution in [3.63, 3.8) is 0 Å². The quantitative estimate of drug-likeness (QED) is 0.666. The number of H-pyrrole nitrogens is 1. The molecule has 1 N–H and O–H groups in total. The SMILES string of the molecule is CC(C)(C)c1nc(Cc2ccc(Cl)cc2)c2[nH]c(C3CCC4(C3)N=CO4)nc2n1. The molecule has 5 rings (SSSR count). The van der Waals surface area contributed by atoms with Crippen molar-refractivity contribution < 1.29 is 4.74 Å². The first-order chi connectivity index (χ1) is 13.8. The minimum atomic E-state index is -0.321. The Kier molecular flexibility index (Phi) is 4.17. The molecular formula is C22H24ClN5O. The minimum Gasteiger partial charge on any atom is -0.456 e. The zero-order valence-electron chi connectivity index (χ0n) is 16.9. The maximum atomic E-state index is 6.05. The molecule has 1 aliphatic heterocycles. The predicted molar refractivity (Wildman–Crippen MR) is 114 cm³/mol. The van der Waals surface area contributed by atoms with Gasteiger partial charge in [-0.3, -0.25) is 0 Å². The third kappa shape index (κ3) is 3.39. The molecule has 150 valence electrons. The molecule has 0 radical (unpaired) electrons. The van der Waals surface area contributed by atoms with Crippen molar-refractivity contribution in [1.29, 1.82) is 0 Å². The number of aliphatic imine (C=N–C) groups is 1. The van der Waals surface area contributed by atoms with Crippen molar-refractivity contribution >= 4 is 29.2 Å². The fraction of sp³-hybridized carbons (Fsp3) is 0.455. The Morgan fingerprint density at radius 1 is 1.17 bits per heavy atom.